The number of hydrogen-bond acceptors (Lipinski definition) is 8. The zero-order valence-electron chi connectivity index (χ0n) is 51.9. The number of aliphatic hydroxyl groups excluding tert-OH is 5. The van der Waals surface area contributed by atoms with E-state index in [1.54, 1.807) is 6.08 Å². The highest BCUT2D eigenvalue weighted by molar-refractivity contribution is 5.76. The third kappa shape index (κ3) is 48.3. The third-order valence-electron chi connectivity index (χ3n) is 16.4. The summed E-state index contributed by atoms with van der Waals surface area (Å²) in [6, 6.07) is -0.830. The molecule has 0 aliphatic carbocycles. The minimum Gasteiger partial charge on any atom is -0.394 e. The third-order valence-corrected chi connectivity index (χ3v) is 16.4. The minimum atomic E-state index is -1.58. The second-order valence-corrected chi connectivity index (χ2v) is 24.0. The number of unbranched alkanes of at least 4 members (excludes halogenated alkanes) is 44. The molecule has 1 heterocycles. The number of hydrogen-bond donors (Lipinski definition) is 6. The first-order chi connectivity index (χ1) is 38.8. The normalized spacial score (nSPS) is 18.8. The topological polar surface area (TPSA) is 149 Å². The quantitative estimate of drug-likeness (QED) is 0.0261. The van der Waals surface area contributed by atoms with Crippen molar-refractivity contribution in [1.82, 2.24) is 5.32 Å². The van der Waals surface area contributed by atoms with Gasteiger partial charge in [0.1, 0.15) is 24.4 Å². The average molecular weight is 1110 g/mol. The highest BCUT2D eigenvalue weighted by Gasteiger charge is 2.44. The maximum absolute atomic E-state index is 13.1. The standard InChI is InChI=1S/C70H131NO8/c1-3-5-7-9-11-13-15-17-19-21-23-25-27-29-30-31-32-33-34-36-37-39-41-43-45-47-49-51-53-55-57-59-64(73)63(62-78-70-69(77)68(76)67(75)65(61-72)79-70)71-66(74)60-58-56-54-52-50-48-46-44-42-40-38-35-28-26-24-22-20-18-16-14-12-10-8-6-4-2/h22,24,41,43,49,51,57,59,63-65,67-70,72-73,75-77H,3-21,23,25-40,42,44-48,50,52-56,58,60-62H2,1-2H3,(H,71,74)/b24-22-,43-41+,51-49+,59-57+. The van der Waals surface area contributed by atoms with E-state index in [2.05, 4.69) is 55.6 Å². The number of allylic oxidation sites excluding steroid dienone is 7. The summed E-state index contributed by atoms with van der Waals surface area (Å²) in [5, 5.41) is 54.7. The average Bonchev–Trinajstić information content (AvgIpc) is 3.47. The summed E-state index contributed by atoms with van der Waals surface area (Å²) in [6.45, 7) is 3.80. The van der Waals surface area contributed by atoms with Crippen LogP contribution in [-0.4, -0.2) is 87.5 Å². The fraction of sp³-hybridized carbons (Fsp3) is 0.871. The Morgan fingerprint density at radius 1 is 0.418 bits per heavy atom. The smallest absolute Gasteiger partial charge is 0.220 e. The molecular weight excluding hydrogens is 983 g/mol. The molecule has 0 bridgehead atoms. The van der Waals surface area contributed by atoms with Gasteiger partial charge in [-0.25, -0.2) is 0 Å². The lowest BCUT2D eigenvalue weighted by Crippen LogP contribution is -2.60. The minimum absolute atomic E-state index is 0.187. The Morgan fingerprint density at radius 3 is 1.06 bits per heavy atom. The van der Waals surface area contributed by atoms with Gasteiger partial charge >= 0.3 is 0 Å². The Bertz CT molecular complexity index is 1380. The van der Waals surface area contributed by atoms with Crippen molar-refractivity contribution in [3.8, 4) is 0 Å². The highest BCUT2D eigenvalue weighted by Crippen LogP contribution is 2.23. The lowest BCUT2D eigenvalue weighted by atomic mass is 9.99. The van der Waals surface area contributed by atoms with Crippen molar-refractivity contribution < 1.29 is 39.8 Å². The number of nitrogens with one attached hydrogen (secondary N) is 1. The Hall–Kier alpha value is -1.85. The summed E-state index contributed by atoms with van der Waals surface area (Å²) in [6.07, 6.45) is 73.6. The summed E-state index contributed by atoms with van der Waals surface area (Å²) < 4.78 is 11.3. The van der Waals surface area contributed by atoms with Gasteiger partial charge in [0.2, 0.25) is 5.91 Å². The molecule has 1 aliphatic rings. The van der Waals surface area contributed by atoms with Crippen LogP contribution in [0.4, 0.5) is 0 Å². The molecule has 6 N–H and O–H groups in total. The molecule has 79 heavy (non-hydrogen) atoms. The van der Waals surface area contributed by atoms with Crippen LogP contribution in [0.3, 0.4) is 0 Å². The number of carbonyl (C=O) groups is 1. The lowest BCUT2D eigenvalue weighted by molar-refractivity contribution is -0.302. The molecular formula is C70H131NO8. The molecule has 1 fully saturated rings. The number of amides is 1. The van der Waals surface area contributed by atoms with E-state index >= 15 is 0 Å². The number of aliphatic hydroxyl groups is 5. The van der Waals surface area contributed by atoms with Gasteiger partial charge in [0, 0.05) is 6.42 Å². The molecule has 0 aromatic heterocycles. The summed E-state index contributed by atoms with van der Waals surface area (Å²) in [5.74, 6) is -0.187. The van der Waals surface area contributed by atoms with Crippen LogP contribution in [0.15, 0.2) is 48.6 Å². The van der Waals surface area contributed by atoms with Gasteiger partial charge in [-0.2, -0.15) is 0 Å². The Morgan fingerprint density at radius 2 is 0.722 bits per heavy atom. The Balaban J connectivity index is 2.17. The van der Waals surface area contributed by atoms with Gasteiger partial charge in [0.15, 0.2) is 6.29 Å². The maximum atomic E-state index is 13.1. The molecule has 0 aromatic rings. The zero-order valence-corrected chi connectivity index (χ0v) is 51.9. The number of carbonyl (C=O) groups excluding carboxylic acids is 1. The lowest BCUT2D eigenvalue weighted by Gasteiger charge is -2.40. The van der Waals surface area contributed by atoms with Crippen LogP contribution in [-0.2, 0) is 14.3 Å². The molecule has 1 saturated heterocycles. The molecule has 0 radical (unpaired) electrons. The van der Waals surface area contributed by atoms with E-state index < -0.39 is 49.5 Å². The highest BCUT2D eigenvalue weighted by atomic mass is 16.7. The summed E-state index contributed by atoms with van der Waals surface area (Å²) in [4.78, 5) is 13.1. The van der Waals surface area contributed by atoms with Crippen LogP contribution >= 0.6 is 0 Å². The predicted molar refractivity (Wildman–Crippen MR) is 336 cm³/mol. The van der Waals surface area contributed by atoms with E-state index in [0.29, 0.717) is 6.42 Å². The van der Waals surface area contributed by atoms with Crippen molar-refractivity contribution >= 4 is 5.91 Å². The van der Waals surface area contributed by atoms with E-state index in [1.807, 2.05) is 6.08 Å². The van der Waals surface area contributed by atoms with E-state index in [4.69, 9.17) is 9.47 Å². The Labute approximate surface area is 488 Å². The second-order valence-electron chi connectivity index (χ2n) is 24.0. The molecule has 7 unspecified atom stereocenters. The summed E-state index contributed by atoms with van der Waals surface area (Å²) in [7, 11) is 0. The molecule has 1 amide bonds. The van der Waals surface area contributed by atoms with Gasteiger partial charge in [-0.05, 0) is 70.6 Å². The van der Waals surface area contributed by atoms with E-state index in [-0.39, 0.29) is 12.5 Å². The zero-order chi connectivity index (χ0) is 57.2. The molecule has 7 atom stereocenters. The van der Waals surface area contributed by atoms with Crippen LogP contribution < -0.4 is 5.32 Å². The van der Waals surface area contributed by atoms with Gasteiger partial charge in [-0.1, -0.05) is 306 Å². The van der Waals surface area contributed by atoms with Crippen molar-refractivity contribution in [2.75, 3.05) is 13.2 Å². The van der Waals surface area contributed by atoms with Crippen molar-refractivity contribution in [1.29, 1.82) is 0 Å². The molecule has 9 nitrogen and oxygen atoms in total. The van der Waals surface area contributed by atoms with Crippen molar-refractivity contribution in [3.63, 3.8) is 0 Å². The molecule has 1 aliphatic heterocycles. The molecule has 0 spiro atoms. The summed E-state index contributed by atoms with van der Waals surface area (Å²) in [5.41, 5.74) is 0. The van der Waals surface area contributed by atoms with Crippen LogP contribution in [0, 0.1) is 0 Å². The van der Waals surface area contributed by atoms with Crippen molar-refractivity contribution in [2.24, 2.45) is 0 Å². The van der Waals surface area contributed by atoms with E-state index in [0.717, 1.165) is 44.9 Å². The number of rotatable bonds is 60. The van der Waals surface area contributed by atoms with Gasteiger partial charge in [0.05, 0.1) is 25.4 Å². The van der Waals surface area contributed by atoms with Gasteiger partial charge in [0.25, 0.3) is 0 Å². The molecule has 1 rings (SSSR count). The van der Waals surface area contributed by atoms with Gasteiger partial charge in [-0.15, -0.1) is 0 Å². The van der Waals surface area contributed by atoms with Crippen molar-refractivity contribution in [3.05, 3.63) is 48.6 Å². The number of ether oxygens (including phenoxy) is 2. The Kier molecular flexibility index (Phi) is 56.4. The van der Waals surface area contributed by atoms with E-state index in [9.17, 15) is 30.3 Å². The van der Waals surface area contributed by atoms with Crippen LogP contribution in [0.1, 0.15) is 335 Å². The molecule has 464 valence electrons. The first-order valence-corrected chi connectivity index (χ1v) is 34.4. The monoisotopic (exact) mass is 1110 g/mol. The predicted octanol–water partition coefficient (Wildman–Crippen LogP) is 18.4. The van der Waals surface area contributed by atoms with Crippen LogP contribution in [0.25, 0.3) is 0 Å². The largest absolute Gasteiger partial charge is 0.394 e. The van der Waals surface area contributed by atoms with Gasteiger partial charge in [-0.3, -0.25) is 4.79 Å². The fourth-order valence-corrected chi connectivity index (χ4v) is 11.0. The van der Waals surface area contributed by atoms with Crippen LogP contribution in [0.2, 0.25) is 0 Å². The van der Waals surface area contributed by atoms with Crippen LogP contribution in [0.5, 0.6) is 0 Å². The molecule has 0 saturated carbocycles. The first-order valence-electron chi connectivity index (χ1n) is 34.4. The SMILES string of the molecule is CCCCCCCCCC/C=C\CCCCCCCCCCCCCCCC(=O)NC(COC1OC(CO)C(O)C(O)C1O)C(O)/C=C/CC/C=C/CC/C=C/CCCCCCCCCCCCCCCCCCCCCCC. The van der Waals surface area contributed by atoms with Crippen molar-refractivity contribution in [2.45, 2.75) is 378 Å². The molecule has 9 heteroatoms. The first kappa shape index (κ1) is 75.2. The second kappa shape index (κ2) is 59.3. The van der Waals surface area contributed by atoms with Gasteiger partial charge < -0.3 is 40.3 Å². The maximum Gasteiger partial charge on any atom is 0.220 e. The summed E-state index contributed by atoms with van der Waals surface area (Å²) >= 11 is 0. The fourth-order valence-electron chi connectivity index (χ4n) is 11.0. The van der Waals surface area contributed by atoms with E-state index in [1.165, 1.54) is 270 Å². The molecule has 0 aromatic carbocycles.